The lowest BCUT2D eigenvalue weighted by Gasteiger charge is -2.02. The van der Waals surface area contributed by atoms with Gasteiger partial charge in [-0.15, -0.1) is 0 Å². The van der Waals surface area contributed by atoms with Gasteiger partial charge in [-0.2, -0.15) is 0 Å². The van der Waals surface area contributed by atoms with Crippen LogP contribution in [0.15, 0.2) is 12.2 Å². The van der Waals surface area contributed by atoms with E-state index in [4.69, 9.17) is 5.73 Å². The van der Waals surface area contributed by atoms with Crippen molar-refractivity contribution in [2.24, 2.45) is 5.73 Å². The molecular formula is C24H49N. The molecule has 0 radical (unpaired) electrons. The highest BCUT2D eigenvalue weighted by Gasteiger charge is 1.93. The first-order valence-corrected chi connectivity index (χ1v) is 11.8. The van der Waals surface area contributed by atoms with Crippen LogP contribution < -0.4 is 5.73 Å². The Morgan fingerprint density at radius 2 is 0.760 bits per heavy atom. The summed E-state index contributed by atoms with van der Waals surface area (Å²) in [5, 5.41) is 0. The number of hydrogen-bond donors (Lipinski definition) is 1. The Morgan fingerprint density at radius 3 is 1.12 bits per heavy atom. The van der Waals surface area contributed by atoms with Crippen molar-refractivity contribution in [1.29, 1.82) is 0 Å². The van der Waals surface area contributed by atoms with Gasteiger partial charge in [-0.25, -0.2) is 0 Å². The normalized spacial score (nSPS) is 11.6. The molecule has 0 aliphatic heterocycles. The number of hydrogen-bond acceptors (Lipinski definition) is 1. The van der Waals surface area contributed by atoms with Crippen molar-refractivity contribution in [3.8, 4) is 0 Å². The first-order chi connectivity index (χ1) is 12.4. The smallest absolute Gasteiger partial charge is 0.00773 e. The molecule has 0 aromatic heterocycles. The summed E-state index contributed by atoms with van der Waals surface area (Å²) in [6.45, 7) is 3.15. The molecule has 1 heteroatoms. The molecule has 0 spiro atoms. The predicted molar refractivity (Wildman–Crippen MR) is 116 cm³/mol. The standard InChI is InChI=1S/C24H49N/c1-2-3-4-5-6-7-8-9-10-11-12-13-14-15-16-17-18-19-20-21-22-23-24-25/h17-18H,2-16,19-25H2,1H3. The van der Waals surface area contributed by atoms with E-state index >= 15 is 0 Å². The van der Waals surface area contributed by atoms with Crippen molar-refractivity contribution in [3.05, 3.63) is 12.2 Å². The lowest BCUT2D eigenvalue weighted by Crippen LogP contribution is -1.97. The van der Waals surface area contributed by atoms with Gasteiger partial charge in [-0.3, -0.25) is 0 Å². The van der Waals surface area contributed by atoms with Gasteiger partial charge in [0.15, 0.2) is 0 Å². The van der Waals surface area contributed by atoms with E-state index in [-0.39, 0.29) is 0 Å². The Labute approximate surface area is 160 Å². The van der Waals surface area contributed by atoms with Gasteiger partial charge in [-0.05, 0) is 38.6 Å². The summed E-state index contributed by atoms with van der Waals surface area (Å²) in [7, 11) is 0. The summed E-state index contributed by atoms with van der Waals surface area (Å²) < 4.78 is 0. The minimum atomic E-state index is 0.856. The molecule has 0 fully saturated rings. The zero-order valence-electron chi connectivity index (χ0n) is 17.6. The van der Waals surface area contributed by atoms with E-state index in [0.29, 0.717) is 0 Å². The fraction of sp³-hybridized carbons (Fsp3) is 0.917. The average molecular weight is 352 g/mol. The Kier molecular flexibility index (Phi) is 23.4. The SMILES string of the molecule is CCCCCCCCCCCCCCCCC=CCCCCCCN. The molecule has 0 aromatic carbocycles. The lowest BCUT2D eigenvalue weighted by molar-refractivity contribution is 0.536. The van der Waals surface area contributed by atoms with Crippen LogP contribution in [0.25, 0.3) is 0 Å². The second-order valence-corrected chi connectivity index (χ2v) is 7.85. The zero-order valence-corrected chi connectivity index (χ0v) is 17.6. The summed E-state index contributed by atoms with van der Waals surface area (Å²) in [5.74, 6) is 0. The van der Waals surface area contributed by atoms with Crippen LogP contribution in [0.5, 0.6) is 0 Å². The van der Waals surface area contributed by atoms with Crippen LogP contribution in [0, 0.1) is 0 Å². The fourth-order valence-corrected chi connectivity index (χ4v) is 3.45. The molecule has 0 rings (SSSR count). The maximum Gasteiger partial charge on any atom is -0.00773 e. The van der Waals surface area contributed by atoms with E-state index in [1.54, 1.807) is 0 Å². The van der Waals surface area contributed by atoms with Crippen molar-refractivity contribution in [2.45, 2.75) is 135 Å². The van der Waals surface area contributed by atoms with Gasteiger partial charge in [0.05, 0.1) is 0 Å². The Balaban J connectivity index is 3.02. The molecule has 0 bridgehead atoms. The van der Waals surface area contributed by atoms with Crippen LogP contribution in [0.2, 0.25) is 0 Å². The summed E-state index contributed by atoms with van der Waals surface area (Å²) in [5.41, 5.74) is 5.50. The van der Waals surface area contributed by atoms with Crippen molar-refractivity contribution in [1.82, 2.24) is 0 Å². The summed E-state index contributed by atoms with van der Waals surface area (Å²) >= 11 is 0. The second-order valence-electron chi connectivity index (χ2n) is 7.85. The van der Waals surface area contributed by atoms with Crippen molar-refractivity contribution in [2.75, 3.05) is 6.54 Å². The van der Waals surface area contributed by atoms with Gasteiger partial charge in [0.2, 0.25) is 0 Å². The number of unbranched alkanes of at least 4 members (excludes halogenated alkanes) is 18. The highest BCUT2D eigenvalue weighted by Crippen LogP contribution is 2.13. The quantitative estimate of drug-likeness (QED) is 0.163. The maximum atomic E-state index is 5.50. The minimum Gasteiger partial charge on any atom is -0.330 e. The third kappa shape index (κ3) is 23.7. The van der Waals surface area contributed by atoms with E-state index in [1.807, 2.05) is 0 Å². The maximum absolute atomic E-state index is 5.50. The number of allylic oxidation sites excluding steroid dienone is 2. The second kappa shape index (κ2) is 23.7. The monoisotopic (exact) mass is 351 g/mol. The minimum absolute atomic E-state index is 0.856. The average Bonchev–Trinajstić information content (AvgIpc) is 2.63. The summed E-state index contributed by atoms with van der Waals surface area (Å²) in [6.07, 6.45) is 32.8. The van der Waals surface area contributed by atoms with Crippen LogP contribution in [0.3, 0.4) is 0 Å². The van der Waals surface area contributed by atoms with Crippen LogP contribution in [-0.2, 0) is 0 Å². The fourth-order valence-electron chi connectivity index (χ4n) is 3.45. The number of nitrogens with two attached hydrogens (primary N) is 1. The molecule has 0 heterocycles. The van der Waals surface area contributed by atoms with E-state index in [1.165, 1.54) is 128 Å². The van der Waals surface area contributed by atoms with Gasteiger partial charge in [0.25, 0.3) is 0 Å². The van der Waals surface area contributed by atoms with Gasteiger partial charge < -0.3 is 5.73 Å². The summed E-state index contributed by atoms with van der Waals surface area (Å²) in [6, 6.07) is 0. The highest BCUT2D eigenvalue weighted by atomic mass is 14.5. The van der Waals surface area contributed by atoms with Gasteiger partial charge in [0, 0.05) is 0 Å². The lowest BCUT2D eigenvalue weighted by atomic mass is 10.0. The van der Waals surface area contributed by atoms with E-state index in [2.05, 4.69) is 19.1 Å². The van der Waals surface area contributed by atoms with Crippen LogP contribution in [0.4, 0.5) is 0 Å². The summed E-state index contributed by atoms with van der Waals surface area (Å²) in [4.78, 5) is 0. The van der Waals surface area contributed by atoms with Gasteiger partial charge in [0.1, 0.15) is 0 Å². The molecule has 1 nitrogen and oxygen atoms in total. The molecule has 2 N–H and O–H groups in total. The molecular weight excluding hydrogens is 302 g/mol. The molecule has 25 heavy (non-hydrogen) atoms. The Hall–Kier alpha value is -0.300. The molecule has 150 valence electrons. The van der Waals surface area contributed by atoms with Crippen molar-refractivity contribution >= 4 is 0 Å². The van der Waals surface area contributed by atoms with E-state index < -0.39 is 0 Å². The molecule has 0 atom stereocenters. The molecule has 0 saturated carbocycles. The van der Waals surface area contributed by atoms with E-state index in [9.17, 15) is 0 Å². The van der Waals surface area contributed by atoms with Crippen LogP contribution in [-0.4, -0.2) is 6.54 Å². The molecule has 0 amide bonds. The highest BCUT2D eigenvalue weighted by molar-refractivity contribution is 4.81. The largest absolute Gasteiger partial charge is 0.330 e. The van der Waals surface area contributed by atoms with Crippen molar-refractivity contribution in [3.63, 3.8) is 0 Å². The van der Waals surface area contributed by atoms with Gasteiger partial charge in [-0.1, -0.05) is 115 Å². The molecule has 0 aliphatic rings. The van der Waals surface area contributed by atoms with Crippen LogP contribution in [0.1, 0.15) is 135 Å². The van der Waals surface area contributed by atoms with E-state index in [0.717, 1.165) is 6.54 Å². The predicted octanol–water partition coefficient (Wildman–Crippen LogP) is 8.32. The third-order valence-corrected chi connectivity index (χ3v) is 5.22. The molecule has 0 aromatic rings. The molecule has 0 aliphatic carbocycles. The van der Waals surface area contributed by atoms with Crippen molar-refractivity contribution < 1.29 is 0 Å². The third-order valence-electron chi connectivity index (χ3n) is 5.22. The topological polar surface area (TPSA) is 26.0 Å². The first-order valence-electron chi connectivity index (χ1n) is 11.8. The zero-order chi connectivity index (χ0) is 18.3. The molecule has 0 saturated heterocycles. The first kappa shape index (κ1) is 24.7. The van der Waals surface area contributed by atoms with Crippen LogP contribution >= 0.6 is 0 Å². The molecule has 0 unspecified atom stereocenters. The Bertz CT molecular complexity index is 246. The van der Waals surface area contributed by atoms with Gasteiger partial charge >= 0.3 is 0 Å². The number of rotatable bonds is 21. The Morgan fingerprint density at radius 1 is 0.440 bits per heavy atom.